The number of nitrogens with zero attached hydrogens (tertiary/aromatic N) is 1. The van der Waals surface area contributed by atoms with Gasteiger partial charge >= 0.3 is 0 Å². The summed E-state index contributed by atoms with van der Waals surface area (Å²) in [5, 5.41) is 0. The molecule has 0 saturated carbocycles. The van der Waals surface area contributed by atoms with Crippen LogP contribution in [-0.4, -0.2) is 33.0 Å². The summed E-state index contributed by atoms with van der Waals surface area (Å²) in [5.74, 6) is 0. The van der Waals surface area contributed by atoms with Gasteiger partial charge in [0.15, 0.2) is 0 Å². The fraction of sp³-hybridized carbons (Fsp3) is 0.368. The molecule has 1 aliphatic rings. The molecule has 1 aliphatic heterocycles. The van der Waals surface area contributed by atoms with E-state index < -0.39 is 10.0 Å². The maximum atomic E-state index is 12.3. The molecule has 0 bridgehead atoms. The molecule has 1 saturated heterocycles. The first-order valence-electron chi connectivity index (χ1n) is 8.53. The molecule has 0 radical (unpaired) electrons. The number of sulfonamides is 1. The smallest absolute Gasteiger partial charge is 0.261 e. The lowest BCUT2D eigenvalue weighted by molar-refractivity contribution is 0.334. The minimum Gasteiger partial charge on any atom is -0.303 e. The third-order valence-corrected chi connectivity index (χ3v) is 5.80. The Labute approximate surface area is 144 Å². The van der Waals surface area contributed by atoms with Crippen LogP contribution in [0, 0.1) is 0 Å². The number of hydrogen-bond donors (Lipinski definition) is 1. The Balaban J connectivity index is 1.54. The van der Waals surface area contributed by atoms with Crippen LogP contribution in [0.3, 0.4) is 0 Å². The lowest BCUT2D eigenvalue weighted by Crippen LogP contribution is -2.20. The van der Waals surface area contributed by atoms with Gasteiger partial charge in [-0.05, 0) is 75.1 Å². The largest absolute Gasteiger partial charge is 0.303 e. The van der Waals surface area contributed by atoms with Crippen LogP contribution in [0.2, 0.25) is 0 Å². The first-order chi connectivity index (χ1) is 11.6. The van der Waals surface area contributed by atoms with Crippen molar-refractivity contribution >= 4 is 15.7 Å². The predicted octanol–water partition coefficient (Wildman–Crippen LogP) is 3.52. The minimum atomic E-state index is -3.51. The van der Waals surface area contributed by atoms with Crippen LogP contribution in [0.5, 0.6) is 0 Å². The average molecular weight is 344 g/mol. The topological polar surface area (TPSA) is 49.4 Å². The second-order valence-corrected chi connectivity index (χ2v) is 7.95. The number of nitrogens with one attached hydrogen (secondary N) is 1. The van der Waals surface area contributed by atoms with Crippen LogP contribution in [0.25, 0.3) is 0 Å². The van der Waals surface area contributed by atoms with Gasteiger partial charge in [0, 0.05) is 5.69 Å². The van der Waals surface area contributed by atoms with Crippen LogP contribution in [0.1, 0.15) is 24.8 Å². The van der Waals surface area contributed by atoms with Crippen molar-refractivity contribution in [3.63, 3.8) is 0 Å². The molecule has 4 nitrogen and oxygen atoms in total. The summed E-state index contributed by atoms with van der Waals surface area (Å²) in [7, 11) is -3.51. The number of anilines is 1. The molecule has 1 heterocycles. The molecule has 1 fully saturated rings. The van der Waals surface area contributed by atoms with Crippen molar-refractivity contribution in [2.24, 2.45) is 0 Å². The Bertz CT molecular complexity index is 737. The van der Waals surface area contributed by atoms with E-state index in [4.69, 9.17) is 0 Å². The predicted molar refractivity (Wildman–Crippen MR) is 97.7 cm³/mol. The van der Waals surface area contributed by atoms with E-state index in [0.29, 0.717) is 5.69 Å². The van der Waals surface area contributed by atoms with Gasteiger partial charge in [0.25, 0.3) is 10.0 Å². The van der Waals surface area contributed by atoms with Gasteiger partial charge in [0.2, 0.25) is 0 Å². The van der Waals surface area contributed by atoms with Crippen LogP contribution in [-0.2, 0) is 16.4 Å². The molecule has 24 heavy (non-hydrogen) atoms. The zero-order chi connectivity index (χ0) is 16.8. The van der Waals surface area contributed by atoms with Crippen molar-refractivity contribution in [1.29, 1.82) is 0 Å². The fourth-order valence-electron chi connectivity index (χ4n) is 3.07. The quantitative estimate of drug-likeness (QED) is 0.836. The zero-order valence-corrected chi connectivity index (χ0v) is 14.6. The molecule has 2 aromatic rings. The number of likely N-dealkylation sites (tertiary alicyclic amines) is 1. The molecule has 0 spiro atoms. The summed E-state index contributed by atoms with van der Waals surface area (Å²) in [5.41, 5.74) is 1.85. The SMILES string of the molecule is O=S(=O)(Nc1ccc(CCCN2CCCC2)cc1)c1ccccc1. The summed E-state index contributed by atoms with van der Waals surface area (Å²) in [4.78, 5) is 2.79. The molecular weight excluding hydrogens is 320 g/mol. The Morgan fingerprint density at radius 1 is 0.917 bits per heavy atom. The molecule has 0 amide bonds. The van der Waals surface area contributed by atoms with Crippen LogP contribution in [0.4, 0.5) is 5.69 Å². The van der Waals surface area contributed by atoms with Crippen molar-refractivity contribution in [2.45, 2.75) is 30.6 Å². The standard InChI is InChI=1S/C19H24N2O2S/c22-24(23,19-8-2-1-3-9-19)20-18-12-10-17(11-13-18)7-6-16-21-14-4-5-15-21/h1-3,8-13,20H,4-7,14-16H2. The molecule has 0 aromatic heterocycles. The lowest BCUT2D eigenvalue weighted by Gasteiger charge is -2.14. The highest BCUT2D eigenvalue weighted by molar-refractivity contribution is 7.92. The number of rotatable bonds is 7. The molecule has 3 rings (SSSR count). The summed E-state index contributed by atoms with van der Waals surface area (Å²) in [6, 6.07) is 16.1. The van der Waals surface area contributed by atoms with Gasteiger partial charge in [-0.2, -0.15) is 0 Å². The second-order valence-electron chi connectivity index (χ2n) is 6.27. The van der Waals surface area contributed by atoms with Gasteiger partial charge < -0.3 is 4.90 Å². The molecule has 128 valence electrons. The monoisotopic (exact) mass is 344 g/mol. The number of hydrogen-bond acceptors (Lipinski definition) is 3. The van der Waals surface area contributed by atoms with Crippen molar-refractivity contribution in [3.8, 4) is 0 Å². The van der Waals surface area contributed by atoms with Gasteiger partial charge in [0.1, 0.15) is 0 Å². The fourth-order valence-corrected chi connectivity index (χ4v) is 4.15. The van der Waals surface area contributed by atoms with E-state index in [-0.39, 0.29) is 4.90 Å². The highest BCUT2D eigenvalue weighted by Crippen LogP contribution is 2.17. The number of aryl methyl sites for hydroxylation is 1. The van der Waals surface area contributed by atoms with Crippen molar-refractivity contribution < 1.29 is 8.42 Å². The zero-order valence-electron chi connectivity index (χ0n) is 13.8. The van der Waals surface area contributed by atoms with Gasteiger partial charge in [-0.25, -0.2) is 8.42 Å². The lowest BCUT2D eigenvalue weighted by atomic mass is 10.1. The normalized spacial score (nSPS) is 15.5. The van der Waals surface area contributed by atoms with E-state index in [2.05, 4.69) is 9.62 Å². The summed E-state index contributed by atoms with van der Waals surface area (Å²) in [6.07, 6.45) is 4.84. The maximum absolute atomic E-state index is 12.3. The van der Waals surface area contributed by atoms with Gasteiger partial charge in [0.05, 0.1) is 4.90 Å². The third kappa shape index (κ3) is 4.58. The molecule has 2 aromatic carbocycles. The van der Waals surface area contributed by atoms with Crippen molar-refractivity contribution in [3.05, 3.63) is 60.2 Å². The maximum Gasteiger partial charge on any atom is 0.261 e. The van der Waals surface area contributed by atoms with E-state index in [1.165, 1.54) is 31.5 Å². The van der Waals surface area contributed by atoms with Gasteiger partial charge in [-0.15, -0.1) is 0 Å². The van der Waals surface area contributed by atoms with E-state index in [9.17, 15) is 8.42 Å². The highest BCUT2D eigenvalue weighted by atomic mass is 32.2. The highest BCUT2D eigenvalue weighted by Gasteiger charge is 2.13. The Kier molecular flexibility index (Phi) is 5.53. The molecule has 0 atom stereocenters. The molecule has 5 heteroatoms. The number of benzene rings is 2. The summed E-state index contributed by atoms with van der Waals surface area (Å²) < 4.78 is 27.2. The van der Waals surface area contributed by atoms with Crippen LogP contribution < -0.4 is 4.72 Å². The summed E-state index contributed by atoms with van der Waals surface area (Å²) in [6.45, 7) is 3.63. The van der Waals surface area contributed by atoms with Crippen LogP contribution in [0.15, 0.2) is 59.5 Å². The van der Waals surface area contributed by atoms with E-state index in [0.717, 1.165) is 19.4 Å². The minimum absolute atomic E-state index is 0.277. The molecule has 1 N–H and O–H groups in total. The van der Waals surface area contributed by atoms with E-state index >= 15 is 0 Å². The summed E-state index contributed by atoms with van der Waals surface area (Å²) >= 11 is 0. The molecule has 0 unspecified atom stereocenters. The Morgan fingerprint density at radius 3 is 2.25 bits per heavy atom. The van der Waals surface area contributed by atoms with Crippen molar-refractivity contribution in [1.82, 2.24) is 4.90 Å². The Hall–Kier alpha value is -1.85. The van der Waals surface area contributed by atoms with Crippen LogP contribution >= 0.6 is 0 Å². The van der Waals surface area contributed by atoms with Crippen molar-refractivity contribution in [2.75, 3.05) is 24.4 Å². The third-order valence-electron chi connectivity index (χ3n) is 4.40. The van der Waals surface area contributed by atoms with Gasteiger partial charge in [-0.1, -0.05) is 30.3 Å². The molecule has 0 aliphatic carbocycles. The van der Waals surface area contributed by atoms with E-state index in [1.807, 2.05) is 24.3 Å². The first-order valence-corrected chi connectivity index (χ1v) is 10.0. The van der Waals surface area contributed by atoms with Gasteiger partial charge in [-0.3, -0.25) is 4.72 Å². The first kappa shape index (κ1) is 17.0. The second kappa shape index (κ2) is 7.81. The molecular formula is C19H24N2O2S. The average Bonchev–Trinajstić information content (AvgIpc) is 3.10. The van der Waals surface area contributed by atoms with E-state index in [1.54, 1.807) is 30.3 Å². The Morgan fingerprint density at radius 2 is 1.58 bits per heavy atom.